The second-order valence-corrected chi connectivity index (χ2v) is 5.50. The van der Waals surface area contributed by atoms with Crippen LogP contribution in [-0.2, 0) is 0 Å². The molecule has 2 aromatic rings. The van der Waals surface area contributed by atoms with E-state index in [9.17, 15) is 0 Å². The van der Waals surface area contributed by atoms with Gasteiger partial charge in [-0.2, -0.15) is 0 Å². The molecule has 3 rings (SSSR count). The highest BCUT2D eigenvalue weighted by Gasteiger charge is 2.40. The van der Waals surface area contributed by atoms with Crippen LogP contribution < -0.4 is 0 Å². The number of aryl methyl sites for hydroxylation is 2. The summed E-state index contributed by atoms with van der Waals surface area (Å²) in [6, 6.07) is 8.08. The van der Waals surface area contributed by atoms with Gasteiger partial charge >= 0.3 is 0 Å². The van der Waals surface area contributed by atoms with Crippen molar-refractivity contribution in [2.75, 3.05) is 14.1 Å². The van der Waals surface area contributed by atoms with Crippen molar-refractivity contribution in [2.45, 2.75) is 32.4 Å². The summed E-state index contributed by atoms with van der Waals surface area (Å²) >= 11 is 0. The molecule has 2 unspecified atom stereocenters. The first-order valence-corrected chi connectivity index (χ1v) is 6.33. The van der Waals surface area contributed by atoms with Gasteiger partial charge < -0.3 is 9.47 Å². The number of hydrogen-bond donors (Lipinski definition) is 0. The first-order valence-electron chi connectivity index (χ1n) is 6.33. The highest BCUT2D eigenvalue weighted by Crippen LogP contribution is 2.42. The van der Waals surface area contributed by atoms with E-state index in [1.807, 2.05) is 0 Å². The summed E-state index contributed by atoms with van der Waals surface area (Å²) in [4.78, 5) is 2.33. The fourth-order valence-corrected chi connectivity index (χ4v) is 2.83. The van der Waals surface area contributed by atoms with Crippen LogP contribution in [0.4, 0.5) is 0 Å². The molecule has 0 radical (unpaired) electrons. The minimum atomic E-state index is 0.669. The van der Waals surface area contributed by atoms with Crippen LogP contribution in [0.5, 0.6) is 0 Å². The summed E-state index contributed by atoms with van der Waals surface area (Å²) in [6.45, 7) is 4.43. The van der Waals surface area contributed by atoms with Crippen LogP contribution in [0.3, 0.4) is 0 Å². The van der Waals surface area contributed by atoms with E-state index in [1.165, 1.54) is 28.5 Å². The van der Waals surface area contributed by atoms with E-state index in [2.05, 4.69) is 61.8 Å². The van der Waals surface area contributed by atoms with Crippen molar-refractivity contribution in [2.24, 2.45) is 0 Å². The normalized spacial score (nSPS) is 23.6. The Balaban J connectivity index is 2.10. The number of aromatic nitrogens is 1. The summed E-state index contributed by atoms with van der Waals surface area (Å²) in [5, 5.41) is 1.37. The van der Waals surface area contributed by atoms with Gasteiger partial charge in [-0.05, 0) is 56.9 Å². The van der Waals surface area contributed by atoms with Crippen LogP contribution in [0, 0.1) is 13.8 Å². The van der Waals surface area contributed by atoms with Gasteiger partial charge in [0.15, 0.2) is 0 Å². The van der Waals surface area contributed by atoms with E-state index in [0.717, 1.165) is 0 Å². The van der Waals surface area contributed by atoms with E-state index < -0.39 is 0 Å². The molecular formula is C15H20N2. The van der Waals surface area contributed by atoms with E-state index in [-0.39, 0.29) is 0 Å². The Morgan fingerprint density at radius 1 is 1.18 bits per heavy atom. The lowest BCUT2D eigenvalue weighted by Gasteiger charge is -2.12. The van der Waals surface area contributed by atoms with Crippen molar-refractivity contribution in [3.8, 4) is 0 Å². The zero-order chi connectivity index (χ0) is 12.2. The minimum absolute atomic E-state index is 0.669. The molecule has 0 N–H and O–H groups in total. The van der Waals surface area contributed by atoms with Crippen molar-refractivity contribution >= 4 is 10.9 Å². The first-order chi connectivity index (χ1) is 8.09. The van der Waals surface area contributed by atoms with E-state index >= 15 is 0 Å². The highest BCUT2D eigenvalue weighted by atomic mass is 15.2. The van der Waals surface area contributed by atoms with Gasteiger partial charge in [0, 0.05) is 12.2 Å². The third-order valence-corrected chi connectivity index (χ3v) is 4.15. The number of hydrogen-bond acceptors (Lipinski definition) is 1. The molecule has 0 spiro atoms. The zero-order valence-electron chi connectivity index (χ0n) is 11.1. The molecule has 2 heteroatoms. The predicted molar refractivity (Wildman–Crippen MR) is 72.5 cm³/mol. The number of nitrogens with zero attached hydrogens (tertiary/aromatic N) is 2. The lowest BCUT2D eigenvalue weighted by atomic mass is 10.1. The summed E-state index contributed by atoms with van der Waals surface area (Å²) in [6.07, 6.45) is 3.54. The maximum atomic E-state index is 2.47. The lowest BCUT2D eigenvalue weighted by molar-refractivity contribution is 0.377. The van der Waals surface area contributed by atoms with Crippen LogP contribution in [0.25, 0.3) is 10.9 Å². The summed E-state index contributed by atoms with van der Waals surface area (Å²) < 4.78 is 2.47. The first kappa shape index (κ1) is 10.8. The van der Waals surface area contributed by atoms with Crippen LogP contribution in [0.1, 0.15) is 23.6 Å². The summed E-state index contributed by atoms with van der Waals surface area (Å²) in [5.74, 6) is 0. The van der Waals surface area contributed by atoms with Gasteiger partial charge in [0.1, 0.15) is 0 Å². The molecule has 0 amide bonds. The van der Waals surface area contributed by atoms with Gasteiger partial charge in [0.05, 0.1) is 11.6 Å². The van der Waals surface area contributed by atoms with Gasteiger partial charge in [0.25, 0.3) is 0 Å². The Hall–Kier alpha value is -1.28. The molecule has 1 fully saturated rings. The van der Waals surface area contributed by atoms with Gasteiger partial charge in [-0.25, -0.2) is 0 Å². The van der Waals surface area contributed by atoms with Gasteiger partial charge in [-0.3, -0.25) is 0 Å². The van der Waals surface area contributed by atoms with Crippen molar-refractivity contribution in [3.63, 3.8) is 0 Å². The molecule has 0 bridgehead atoms. The van der Waals surface area contributed by atoms with Crippen molar-refractivity contribution in [1.82, 2.24) is 9.47 Å². The Labute approximate surface area is 103 Å². The molecule has 1 aromatic carbocycles. The SMILES string of the molecule is Cc1ccc2ccn(C3CC3N(C)C)c2c1C. The molecule has 1 heterocycles. The maximum absolute atomic E-state index is 2.47. The third-order valence-electron chi connectivity index (χ3n) is 4.15. The summed E-state index contributed by atoms with van der Waals surface area (Å²) in [5.41, 5.74) is 4.25. The number of benzene rings is 1. The van der Waals surface area contributed by atoms with E-state index in [1.54, 1.807) is 0 Å². The lowest BCUT2D eigenvalue weighted by Crippen LogP contribution is -2.17. The fourth-order valence-electron chi connectivity index (χ4n) is 2.83. The Morgan fingerprint density at radius 2 is 1.94 bits per heavy atom. The minimum Gasteiger partial charge on any atom is -0.343 e. The van der Waals surface area contributed by atoms with Gasteiger partial charge in [0.2, 0.25) is 0 Å². The summed E-state index contributed by atoms with van der Waals surface area (Å²) in [7, 11) is 4.35. The zero-order valence-corrected chi connectivity index (χ0v) is 11.1. The Morgan fingerprint density at radius 3 is 2.59 bits per heavy atom. The predicted octanol–water partition coefficient (Wildman–Crippen LogP) is 3.13. The average Bonchev–Trinajstić information content (AvgIpc) is 2.97. The van der Waals surface area contributed by atoms with E-state index in [0.29, 0.717) is 12.1 Å². The molecule has 1 aromatic heterocycles. The van der Waals surface area contributed by atoms with Gasteiger partial charge in [-0.1, -0.05) is 12.1 Å². The van der Waals surface area contributed by atoms with Crippen molar-refractivity contribution < 1.29 is 0 Å². The molecule has 1 aliphatic carbocycles. The molecular weight excluding hydrogens is 208 g/mol. The number of likely N-dealkylation sites (N-methyl/N-ethyl adjacent to an activating group) is 1. The topological polar surface area (TPSA) is 8.17 Å². The van der Waals surface area contributed by atoms with Crippen LogP contribution in [0.15, 0.2) is 24.4 Å². The number of fused-ring (bicyclic) bond motifs is 1. The quantitative estimate of drug-likeness (QED) is 0.766. The van der Waals surface area contributed by atoms with E-state index in [4.69, 9.17) is 0 Å². The Kier molecular flexibility index (Phi) is 2.30. The largest absolute Gasteiger partial charge is 0.343 e. The third kappa shape index (κ3) is 1.59. The van der Waals surface area contributed by atoms with Crippen LogP contribution in [0.2, 0.25) is 0 Å². The van der Waals surface area contributed by atoms with Crippen LogP contribution in [-0.4, -0.2) is 29.6 Å². The maximum Gasteiger partial charge on any atom is 0.0515 e. The second kappa shape index (κ2) is 3.61. The smallest absolute Gasteiger partial charge is 0.0515 e. The monoisotopic (exact) mass is 228 g/mol. The van der Waals surface area contributed by atoms with Gasteiger partial charge in [-0.15, -0.1) is 0 Å². The van der Waals surface area contributed by atoms with Crippen molar-refractivity contribution in [3.05, 3.63) is 35.5 Å². The standard InChI is InChI=1S/C15H20N2/c1-10-5-6-12-7-8-17(15(12)11(10)2)14-9-13(14)16(3)4/h5-8,13-14H,9H2,1-4H3. The molecule has 90 valence electrons. The fraction of sp³-hybridized carbons (Fsp3) is 0.467. The second-order valence-electron chi connectivity index (χ2n) is 5.50. The molecule has 0 aliphatic heterocycles. The molecule has 1 saturated carbocycles. The molecule has 1 aliphatic rings. The molecule has 2 nitrogen and oxygen atoms in total. The number of rotatable bonds is 2. The Bertz CT molecular complexity index is 566. The average molecular weight is 228 g/mol. The molecule has 17 heavy (non-hydrogen) atoms. The highest BCUT2D eigenvalue weighted by molar-refractivity contribution is 5.84. The molecule has 2 atom stereocenters. The molecule has 0 saturated heterocycles. The van der Waals surface area contributed by atoms with Crippen LogP contribution >= 0.6 is 0 Å². The van der Waals surface area contributed by atoms with Crippen molar-refractivity contribution in [1.29, 1.82) is 0 Å².